The van der Waals surface area contributed by atoms with Gasteiger partial charge in [-0.15, -0.1) is 6.58 Å². The highest BCUT2D eigenvalue weighted by molar-refractivity contribution is 5.97. The highest BCUT2D eigenvalue weighted by Gasteiger charge is 2.19. The van der Waals surface area contributed by atoms with E-state index in [1.54, 1.807) is 12.1 Å². The van der Waals surface area contributed by atoms with Crippen LogP contribution in [0.1, 0.15) is 21.7 Å². The first-order valence-electron chi connectivity index (χ1n) is 6.28. The van der Waals surface area contributed by atoms with Crippen LogP contribution in [0.4, 0.5) is 5.95 Å². The summed E-state index contributed by atoms with van der Waals surface area (Å²) in [6.45, 7) is 7.99. The van der Waals surface area contributed by atoms with Crippen LogP contribution in [0.15, 0.2) is 25.0 Å². The summed E-state index contributed by atoms with van der Waals surface area (Å²) in [5.41, 5.74) is 2.37. The molecule has 0 aliphatic heterocycles. The molecule has 2 rings (SSSR count). The number of rotatable bonds is 6. The van der Waals surface area contributed by atoms with Crippen LogP contribution in [0.5, 0.6) is 0 Å². The average molecular weight is 289 g/mol. The van der Waals surface area contributed by atoms with Gasteiger partial charge in [-0.1, -0.05) is 11.1 Å². The fourth-order valence-electron chi connectivity index (χ4n) is 2.17. The maximum absolute atomic E-state index is 12.3. The van der Waals surface area contributed by atoms with Crippen LogP contribution >= 0.6 is 0 Å². The van der Waals surface area contributed by atoms with Crippen molar-refractivity contribution in [2.45, 2.75) is 26.9 Å². The number of aromatic nitrogens is 4. The van der Waals surface area contributed by atoms with E-state index in [-0.39, 0.29) is 12.3 Å². The van der Waals surface area contributed by atoms with Crippen molar-refractivity contribution in [3.63, 3.8) is 0 Å². The van der Waals surface area contributed by atoms with Gasteiger partial charge in [0.1, 0.15) is 6.54 Å². The van der Waals surface area contributed by atoms with Gasteiger partial charge >= 0.3 is 5.95 Å². The lowest BCUT2D eigenvalue weighted by atomic mass is 10.1. The Balaban J connectivity index is 2.22. The zero-order valence-electron chi connectivity index (χ0n) is 11.8. The molecule has 0 saturated heterocycles. The summed E-state index contributed by atoms with van der Waals surface area (Å²) in [7, 11) is 0. The molecule has 0 fully saturated rings. The molecule has 0 unspecified atom stereocenters. The third kappa shape index (κ3) is 2.88. The minimum absolute atomic E-state index is 0.0841. The molecule has 2 heterocycles. The van der Waals surface area contributed by atoms with Crippen LogP contribution in [0, 0.1) is 24.0 Å². The van der Waals surface area contributed by atoms with Gasteiger partial charge in [-0.05, 0) is 24.8 Å². The van der Waals surface area contributed by atoms with E-state index < -0.39 is 10.9 Å². The minimum Gasteiger partial charge on any atom is -0.390 e. The predicted molar refractivity (Wildman–Crippen MR) is 75.1 cm³/mol. The average Bonchev–Trinajstić information content (AvgIpc) is 2.99. The van der Waals surface area contributed by atoms with E-state index in [1.807, 2.05) is 18.4 Å². The lowest BCUT2D eigenvalue weighted by molar-refractivity contribution is -0.394. The highest BCUT2D eigenvalue weighted by atomic mass is 16.6. The molecule has 8 nitrogen and oxygen atoms in total. The zero-order chi connectivity index (χ0) is 15.6. The summed E-state index contributed by atoms with van der Waals surface area (Å²) >= 11 is 0. The van der Waals surface area contributed by atoms with Gasteiger partial charge in [0.05, 0.1) is 0 Å². The van der Waals surface area contributed by atoms with Crippen LogP contribution in [0.2, 0.25) is 0 Å². The molecular formula is C13H15N5O3. The summed E-state index contributed by atoms with van der Waals surface area (Å²) in [5, 5.41) is 14.1. The summed E-state index contributed by atoms with van der Waals surface area (Å²) in [6.07, 6.45) is 2.94. The van der Waals surface area contributed by atoms with Gasteiger partial charge in [-0.2, -0.15) is 4.68 Å². The van der Waals surface area contributed by atoms with E-state index in [4.69, 9.17) is 0 Å². The van der Waals surface area contributed by atoms with Crippen LogP contribution in [-0.4, -0.2) is 30.0 Å². The Morgan fingerprint density at radius 3 is 2.81 bits per heavy atom. The number of hydrogen-bond donors (Lipinski definition) is 0. The second-order valence-corrected chi connectivity index (χ2v) is 4.61. The van der Waals surface area contributed by atoms with E-state index in [1.165, 1.54) is 11.0 Å². The summed E-state index contributed by atoms with van der Waals surface area (Å²) in [6, 6.07) is 1.80. The topological polar surface area (TPSA) is 95.8 Å². The number of ketones is 1. The summed E-state index contributed by atoms with van der Waals surface area (Å²) in [4.78, 5) is 25.6. The Bertz CT molecular complexity index is 713. The molecule has 0 saturated carbocycles. The third-order valence-electron chi connectivity index (χ3n) is 3.18. The molecule has 0 atom stereocenters. The number of aryl methyl sites for hydroxylation is 1. The monoisotopic (exact) mass is 289 g/mol. The molecule has 0 spiro atoms. The predicted octanol–water partition coefficient (Wildman–Crippen LogP) is 1.67. The summed E-state index contributed by atoms with van der Waals surface area (Å²) in [5.74, 6) is -0.682. The molecule has 8 heteroatoms. The Hall–Kier alpha value is -2.77. The molecule has 0 amide bonds. The fourth-order valence-corrected chi connectivity index (χ4v) is 2.17. The number of allylic oxidation sites excluding steroid dienone is 1. The van der Waals surface area contributed by atoms with Crippen molar-refractivity contribution in [1.29, 1.82) is 0 Å². The first-order chi connectivity index (χ1) is 9.93. The molecule has 2 aromatic rings. The zero-order valence-corrected chi connectivity index (χ0v) is 11.8. The number of carbonyl (C=O) groups is 1. The van der Waals surface area contributed by atoms with Crippen LogP contribution in [0.25, 0.3) is 0 Å². The van der Waals surface area contributed by atoms with Crippen LogP contribution in [-0.2, 0) is 13.1 Å². The normalized spacial score (nSPS) is 10.6. The third-order valence-corrected chi connectivity index (χ3v) is 3.18. The van der Waals surface area contributed by atoms with Gasteiger partial charge in [0.15, 0.2) is 5.78 Å². The van der Waals surface area contributed by atoms with Crippen molar-refractivity contribution in [1.82, 2.24) is 19.3 Å². The van der Waals surface area contributed by atoms with Crippen molar-refractivity contribution in [3.05, 3.63) is 52.1 Å². The van der Waals surface area contributed by atoms with Crippen molar-refractivity contribution < 1.29 is 9.72 Å². The van der Waals surface area contributed by atoms with Crippen molar-refractivity contribution in [2.75, 3.05) is 0 Å². The number of Topliss-reactive ketones (excluding diaryl/α,β-unsaturated/α-hetero) is 1. The van der Waals surface area contributed by atoms with Crippen molar-refractivity contribution in [3.8, 4) is 0 Å². The number of nitrogens with zero attached hydrogens (tertiary/aromatic N) is 5. The molecule has 21 heavy (non-hydrogen) atoms. The molecule has 2 aromatic heterocycles. The van der Waals surface area contributed by atoms with Gasteiger partial charge in [0.2, 0.25) is 6.33 Å². The van der Waals surface area contributed by atoms with Crippen molar-refractivity contribution in [2.24, 2.45) is 0 Å². The molecule has 110 valence electrons. The van der Waals surface area contributed by atoms with Gasteiger partial charge in [-0.25, -0.2) is 0 Å². The largest absolute Gasteiger partial charge is 0.490 e. The van der Waals surface area contributed by atoms with E-state index in [0.29, 0.717) is 12.1 Å². The van der Waals surface area contributed by atoms with E-state index in [9.17, 15) is 14.9 Å². The molecule has 0 bridgehead atoms. The molecule has 0 radical (unpaired) electrons. The Labute approximate surface area is 120 Å². The van der Waals surface area contributed by atoms with Crippen molar-refractivity contribution >= 4 is 11.7 Å². The maximum Gasteiger partial charge on any atom is 0.490 e. The molecule has 0 aliphatic rings. The second-order valence-electron chi connectivity index (χ2n) is 4.61. The lowest BCUT2D eigenvalue weighted by Crippen LogP contribution is -2.12. The fraction of sp³-hybridized carbons (Fsp3) is 0.308. The first-order valence-corrected chi connectivity index (χ1v) is 6.28. The number of hydrogen-bond acceptors (Lipinski definition) is 5. The molecule has 0 aromatic carbocycles. The van der Waals surface area contributed by atoms with Gasteiger partial charge in [0.25, 0.3) is 0 Å². The standard InChI is InChI=1S/C13H15N5O3/c1-4-5-17-9(2)6-11(10(17)3)12(19)7-16-8-14-13(15-16)18(20)21/h4,6,8H,1,5,7H2,2-3H3. The number of nitro groups is 1. The van der Waals surface area contributed by atoms with Crippen LogP contribution in [0.3, 0.4) is 0 Å². The molecule has 0 aliphatic carbocycles. The number of carbonyl (C=O) groups excluding carboxylic acids is 1. The molecule has 0 N–H and O–H groups in total. The molecular weight excluding hydrogens is 274 g/mol. The Morgan fingerprint density at radius 2 is 2.24 bits per heavy atom. The first kappa shape index (κ1) is 14.6. The van der Waals surface area contributed by atoms with Gasteiger partial charge in [0, 0.05) is 28.6 Å². The maximum atomic E-state index is 12.3. The quantitative estimate of drug-likeness (QED) is 0.349. The van der Waals surface area contributed by atoms with E-state index >= 15 is 0 Å². The highest BCUT2D eigenvalue weighted by Crippen LogP contribution is 2.16. The van der Waals surface area contributed by atoms with E-state index in [0.717, 1.165) is 11.4 Å². The minimum atomic E-state index is -0.697. The van der Waals surface area contributed by atoms with E-state index in [2.05, 4.69) is 16.7 Å². The van der Waals surface area contributed by atoms with Gasteiger partial charge < -0.3 is 14.7 Å². The lowest BCUT2D eigenvalue weighted by Gasteiger charge is -2.05. The Morgan fingerprint density at radius 1 is 1.52 bits per heavy atom. The second kappa shape index (κ2) is 5.70. The summed E-state index contributed by atoms with van der Waals surface area (Å²) < 4.78 is 3.14. The van der Waals surface area contributed by atoms with Gasteiger partial charge in [-0.3, -0.25) is 4.79 Å². The smallest absolute Gasteiger partial charge is 0.390 e. The van der Waals surface area contributed by atoms with Crippen LogP contribution < -0.4 is 0 Å². The SMILES string of the molecule is C=CCn1c(C)cc(C(=O)Cn2cnc([N+](=O)[O-])n2)c1C. The Kier molecular flexibility index (Phi) is 3.97.